The minimum atomic E-state index is -0.178. The number of nitrogens with one attached hydrogen (secondary N) is 1. The van der Waals surface area contributed by atoms with Gasteiger partial charge in [-0.2, -0.15) is 0 Å². The summed E-state index contributed by atoms with van der Waals surface area (Å²) < 4.78 is 11.7. The Morgan fingerprint density at radius 2 is 1.55 bits per heavy atom. The third-order valence-corrected chi connectivity index (χ3v) is 4.65. The Balaban J connectivity index is 1.75. The molecule has 0 fully saturated rings. The fourth-order valence-corrected chi connectivity index (χ4v) is 3.03. The van der Waals surface area contributed by atoms with Crippen LogP contribution in [0, 0.1) is 20.8 Å². The number of hydrogen-bond donors (Lipinski definition) is 1. The van der Waals surface area contributed by atoms with Crippen molar-refractivity contribution >= 4 is 11.6 Å². The zero-order valence-corrected chi connectivity index (χ0v) is 17.4. The average molecular weight is 389 g/mol. The van der Waals surface area contributed by atoms with Crippen molar-refractivity contribution in [2.24, 2.45) is 0 Å². The molecule has 1 N–H and O–H groups in total. The lowest BCUT2D eigenvalue weighted by molar-refractivity contribution is 0.102. The first-order valence-corrected chi connectivity index (χ1v) is 9.80. The van der Waals surface area contributed by atoms with Crippen LogP contribution in [-0.4, -0.2) is 12.5 Å². The van der Waals surface area contributed by atoms with Crippen molar-refractivity contribution in [3.05, 3.63) is 88.5 Å². The number of amides is 1. The monoisotopic (exact) mass is 389 g/mol. The minimum absolute atomic E-state index is 0.178. The number of hydrogen-bond acceptors (Lipinski definition) is 3. The molecule has 0 aliphatic heterocycles. The molecule has 0 heterocycles. The first-order valence-electron chi connectivity index (χ1n) is 9.80. The Bertz CT molecular complexity index is 993. The molecule has 0 aliphatic carbocycles. The highest BCUT2D eigenvalue weighted by atomic mass is 16.5. The summed E-state index contributed by atoms with van der Waals surface area (Å²) in [6.45, 7) is 8.90. The second-order valence-corrected chi connectivity index (χ2v) is 7.14. The Morgan fingerprint density at radius 3 is 2.24 bits per heavy atom. The molecule has 0 spiro atoms. The number of anilines is 1. The molecule has 4 nitrogen and oxygen atoms in total. The van der Waals surface area contributed by atoms with Gasteiger partial charge in [0.15, 0.2) is 11.5 Å². The number of benzene rings is 3. The van der Waals surface area contributed by atoms with Gasteiger partial charge in [0.25, 0.3) is 5.91 Å². The van der Waals surface area contributed by atoms with Crippen molar-refractivity contribution in [1.29, 1.82) is 0 Å². The zero-order chi connectivity index (χ0) is 20.8. The summed E-state index contributed by atoms with van der Waals surface area (Å²) in [7, 11) is 0. The van der Waals surface area contributed by atoms with E-state index in [-0.39, 0.29) is 5.91 Å². The summed E-state index contributed by atoms with van der Waals surface area (Å²) in [5.74, 6) is 1.01. The van der Waals surface area contributed by atoms with E-state index >= 15 is 0 Å². The van der Waals surface area contributed by atoms with Crippen molar-refractivity contribution < 1.29 is 14.3 Å². The number of ether oxygens (including phenoxy) is 2. The van der Waals surface area contributed by atoms with E-state index in [1.807, 2.05) is 51.1 Å². The van der Waals surface area contributed by atoms with E-state index in [9.17, 15) is 4.79 Å². The molecular weight excluding hydrogens is 362 g/mol. The van der Waals surface area contributed by atoms with Gasteiger partial charge in [-0.1, -0.05) is 47.5 Å². The molecule has 0 bridgehead atoms. The van der Waals surface area contributed by atoms with Gasteiger partial charge in [0, 0.05) is 11.3 Å². The molecule has 150 valence electrons. The topological polar surface area (TPSA) is 47.6 Å². The van der Waals surface area contributed by atoms with Crippen LogP contribution in [-0.2, 0) is 6.61 Å². The summed E-state index contributed by atoms with van der Waals surface area (Å²) in [5, 5.41) is 2.97. The molecule has 0 saturated carbocycles. The predicted molar refractivity (Wildman–Crippen MR) is 117 cm³/mol. The van der Waals surface area contributed by atoms with Gasteiger partial charge in [-0.25, -0.2) is 0 Å². The Kier molecular flexibility index (Phi) is 6.55. The lowest BCUT2D eigenvalue weighted by Gasteiger charge is -2.14. The summed E-state index contributed by atoms with van der Waals surface area (Å²) in [6.07, 6.45) is 0. The highest BCUT2D eigenvalue weighted by molar-refractivity contribution is 6.05. The van der Waals surface area contributed by atoms with Crippen LogP contribution in [0.3, 0.4) is 0 Å². The number of carbonyl (C=O) groups is 1. The van der Waals surface area contributed by atoms with Gasteiger partial charge < -0.3 is 14.8 Å². The van der Waals surface area contributed by atoms with Gasteiger partial charge in [-0.3, -0.25) is 4.79 Å². The van der Waals surface area contributed by atoms with Crippen LogP contribution >= 0.6 is 0 Å². The van der Waals surface area contributed by atoms with Crippen LogP contribution in [0.4, 0.5) is 5.69 Å². The van der Waals surface area contributed by atoms with Crippen molar-refractivity contribution in [3.8, 4) is 11.5 Å². The van der Waals surface area contributed by atoms with Crippen LogP contribution in [0.1, 0.15) is 39.5 Å². The van der Waals surface area contributed by atoms with Crippen LogP contribution in [0.5, 0.6) is 11.5 Å². The molecule has 0 unspecified atom stereocenters. The summed E-state index contributed by atoms with van der Waals surface area (Å²) in [5.41, 5.74) is 5.81. The first kappa shape index (κ1) is 20.5. The third-order valence-electron chi connectivity index (χ3n) is 4.65. The van der Waals surface area contributed by atoms with Crippen LogP contribution in [0.2, 0.25) is 0 Å². The van der Waals surface area contributed by atoms with E-state index in [2.05, 4.69) is 24.4 Å². The second kappa shape index (κ2) is 9.28. The normalized spacial score (nSPS) is 10.5. The van der Waals surface area contributed by atoms with Crippen molar-refractivity contribution in [2.45, 2.75) is 34.3 Å². The molecule has 0 aliphatic rings. The SMILES string of the molecule is CCOc1cc(C(=O)Nc2ccc(C)cc2C)ccc1OCc1ccc(C)cc1. The minimum Gasteiger partial charge on any atom is -0.490 e. The zero-order valence-electron chi connectivity index (χ0n) is 17.4. The van der Waals surface area contributed by atoms with E-state index in [4.69, 9.17) is 9.47 Å². The van der Waals surface area contributed by atoms with Gasteiger partial charge in [0.1, 0.15) is 6.61 Å². The smallest absolute Gasteiger partial charge is 0.255 e. The van der Waals surface area contributed by atoms with E-state index < -0.39 is 0 Å². The molecule has 0 radical (unpaired) electrons. The van der Waals surface area contributed by atoms with E-state index in [0.29, 0.717) is 30.3 Å². The van der Waals surface area contributed by atoms with Gasteiger partial charge in [0.2, 0.25) is 0 Å². The standard InChI is InChI=1S/C25H27NO3/c1-5-28-24-15-21(25(27)26-22-12-8-18(3)14-19(22)4)11-13-23(24)29-16-20-9-6-17(2)7-10-20/h6-15H,5,16H2,1-4H3,(H,26,27). The van der Waals surface area contributed by atoms with Crippen LogP contribution in [0.25, 0.3) is 0 Å². The summed E-state index contributed by atoms with van der Waals surface area (Å²) in [6, 6.07) is 19.4. The molecule has 0 aromatic heterocycles. The fraction of sp³-hybridized carbons (Fsp3) is 0.240. The van der Waals surface area contributed by atoms with Gasteiger partial charge in [-0.15, -0.1) is 0 Å². The first-order chi connectivity index (χ1) is 14.0. The largest absolute Gasteiger partial charge is 0.490 e. The van der Waals surface area contributed by atoms with Gasteiger partial charge in [-0.05, 0) is 63.1 Å². The van der Waals surface area contributed by atoms with Gasteiger partial charge >= 0.3 is 0 Å². The Hall–Kier alpha value is -3.27. The fourth-order valence-electron chi connectivity index (χ4n) is 3.03. The van der Waals surface area contributed by atoms with Crippen molar-refractivity contribution in [3.63, 3.8) is 0 Å². The van der Waals surface area contributed by atoms with Crippen LogP contribution < -0.4 is 14.8 Å². The van der Waals surface area contributed by atoms with E-state index in [1.54, 1.807) is 18.2 Å². The van der Waals surface area contributed by atoms with Gasteiger partial charge in [0.05, 0.1) is 6.61 Å². The maximum Gasteiger partial charge on any atom is 0.255 e. The second-order valence-electron chi connectivity index (χ2n) is 7.14. The van der Waals surface area contributed by atoms with E-state index in [1.165, 1.54) is 5.56 Å². The quantitative estimate of drug-likeness (QED) is 0.552. The highest BCUT2D eigenvalue weighted by Gasteiger charge is 2.13. The average Bonchev–Trinajstić information content (AvgIpc) is 2.70. The third kappa shape index (κ3) is 5.38. The predicted octanol–water partition coefficient (Wildman–Crippen LogP) is 5.84. The molecule has 4 heteroatoms. The summed E-state index contributed by atoms with van der Waals surface area (Å²) in [4.78, 5) is 12.7. The molecular formula is C25H27NO3. The molecule has 3 aromatic rings. The number of carbonyl (C=O) groups excluding carboxylic acids is 1. The Labute approximate surface area is 172 Å². The van der Waals surface area contributed by atoms with E-state index in [0.717, 1.165) is 22.4 Å². The molecule has 3 aromatic carbocycles. The molecule has 0 saturated heterocycles. The van der Waals surface area contributed by atoms with Crippen LogP contribution in [0.15, 0.2) is 60.7 Å². The van der Waals surface area contributed by atoms with Crippen molar-refractivity contribution in [2.75, 3.05) is 11.9 Å². The maximum absolute atomic E-state index is 12.7. The maximum atomic E-state index is 12.7. The number of rotatable bonds is 7. The Morgan fingerprint density at radius 1 is 0.828 bits per heavy atom. The van der Waals surface area contributed by atoms with Crippen molar-refractivity contribution in [1.82, 2.24) is 0 Å². The molecule has 0 atom stereocenters. The lowest BCUT2D eigenvalue weighted by atomic mass is 10.1. The number of aryl methyl sites for hydroxylation is 3. The molecule has 29 heavy (non-hydrogen) atoms. The highest BCUT2D eigenvalue weighted by Crippen LogP contribution is 2.30. The summed E-state index contributed by atoms with van der Waals surface area (Å²) >= 11 is 0. The lowest BCUT2D eigenvalue weighted by Crippen LogP contribution is -2.13. The molecule has 1 amide bonds. The molecule has 3 rings (SSSR count).